The molecule has 7 nitrogen and oxygen atoms in total. The van der Waals surface area contributed by atoms with Gasteiger partial charge in [0.1, 0.15) is 0 Å². The summed E-state index contributed by atoms with van der Waals surface area (Å²) in [6.07, 6.45) is 1.20. The number of methoxy groups -OCH3 is 1. The molecule has 1 unspecified atom stereocenters. The monoisotopic (exact) mass is 402 g/mol. The zero-order chi connectivity index (χ0) is 20.1. The summed E-state index contributed by atoms with van der Waals surface area (Å²) in [6, 6.07) is 14.7. The maximum atomic E-state index is 12.8. The lowest BCUT2D eigenvalue weighted by Crippen LogP contribution is -2.43. The molecule has 1 aliphatic rings. The van der Waals surface area contributed by atoms with Crippen LogP contribution in [-0.2, 0) is 19.6 Å². The molecule has 8 heteroatoms. The van der Waals surface area contributed by atoms with E-state index in [2.05, 4.69) is 10.1 Å². The first-order valence-electron chi connectivity index (χ1n) is 8.96. The lowest BCUT2D eigenvalue weighted by molar-refractivity contribution is -0.120. The molecule has 2 aromatic carbocycles. The van der Waals surface area contributed by atoms with Crippen LogP contribution in [0.4, 0.5) is 5.69 Å². The van der Waals surface area contributed by atoms with Gasteiger partial charge in [-0.05, 0) is 43.2 Å². The molecule has 0 bridgehead atoms. The van der Waals surface area contributed by atoms with Crippen LogP contribution in [0.2, 0.25) is 0 Å². The highest BCUT2D eigenvalue weighted by atomic mass is 32.2. The number of nitrogens with one attached hydrogen (secondary N) is 1. The number of nitrogens with zero attached hydrogens (tertiary/aromatic N) is 1. The fraction of sp³-hybridized carbons (Fsp3) is 0.300. The molecule has 2 aromatic rings. The minimum atomic E-state index is -3.63. The first kappa shape index (κ1) is 20.0. The number of amides is 1. The fourth-order valence-corrected chi connectivity index (χ4v) is 4.75. The van der Waals surface area contributed by atoms with Gasteiger partial charge in [0, 0.05) is 18.8 Å². The van der Waals surface area contributed by atoms with Gasteiger partial charge in [-0.1, -0.05) is 24.3 Å². The summed E-state index contributed by atoms with van der Waals surface area (Å²) in [4.78, 5) is 24.5. The highest BCUT2D eigenvalue weighted by Crippen LogP contribution is 2.25. The third-order valence-corrected chi connectivity index (χ3v) is 6.57. The van der Waals surface area contributed by atoms with Crippen LogP contribution in [0.1, 0.15) is 23.2 Å². The second kappa shape index (κ2) is 8.53. The number of piperidine rings is 1. The number of carbonyl (C=O) groups is 2. The third-order valence-electron chi connectivity index (χ3n) is 4.69. The Morgan fingerprint density at radius 1 is 1.11 bits per heavy atom. The van der Waals surface area contributed by atoms with Crippen molar-refractivity contribution in [1.29, 1.82) is 0 Å². The minimum absolute atomic E-state index is 0.125. The average molecular weight is 402 g/mol. The van der Waals surface area contributed by atoms with Crippen LogP contribution in [0.25, 0.3) is 0 Å². The Labute approximate surface area is 164 Å². The van der Waals surface area contributed by atoms with Gasteiger partial charge < -0.3 is 10.1 Å². The number of hydrogen-bond donors (Lipinski definition) is 1. The molecule has 0 aliphatic carbocycles. The maximum absolute atomic E-state index is 12.8. The molecule has 1 heterocycles. The van der Waals surface area contributed by atoms with Crippen LogP contribution in [0.15, 0.2) is 59.5 Å². The molecular formula is C20H22N2O5S. The van der Waals surface area contributed by atoms with Gasteiger partial charge in [0.05, 0.1) is 23.5 Å². The predicted molar refractivity (Wildman–Crippen MR) is 104 cm³/mol. The van der Waals surface area contributed by atoms with Crippen LogP contribution in [0, 0.1) is 5.92 Å². The Kier molecular flexibility index (Phi) is 6.11. The number of ether oxygens (including phenoxy) is 1. The van der Waals surface area contributed by atoms with E-state index in [0.717, 1.165) is 0 Å². The van der Waals surface area contributed by atoms with Crippen molar-refractivity contribution in [1.82, 2.24) is 4.31 Å². The zero-order valence-electron chi connectivity index (χ0n) is 15.5. The van der Waals surface area contributed by atoms with Gasteiger partial charge in [0.2, 0.25) is 15.9 Å². The van der Waals surface area contributed by atoms with E-state index in [9.17, 15) is 18.0 Å². The molecule has 3 rings (SSSR count). The Hall–Kier alpha value is -2.71. The lowest BCUT2D eigenvalue weighted by atomic mass is 9.98. The van der Waals surface area contributed by atoms with Crippen molar-refractivity contribution in [3.8, 4) is 0 Å². The molecule has 0 aromatic heterocycles. The largest absolute Gasteiger partial charge is 0.465 e. The molecular weight excluding hydrogens is 380 g/mol. The molecule has 1 fully saturated rings. The van der Waals surface area contributed by atoms with E-state index in [4.69, 9.17) is 0 Å². The molecule has 1 aliphatic heterocycles. The Bertz CT molecular complexity index is 960. The van der Waals surface area contributed by atoms with Crippen molar-refractivity contribution in [2.24, 2.45) is 5.92 Å². The van der Waals surface area contributed by atoms with E-state index < -0.39 is 21.9 Å². The smallest absolute Gasteiger partial charge is 0.337 e. The number of sulfonamides is 1. The van der Waals surface area contributed by atoms with Crippen LogP contribution in [-0.4, -0.2) is 44.8 Å². The van der Waals surface area contributed by atoms with Crippen molar-refractivity contribution in [2.45, 2.75) is 17.7 Å². The first-order valence-corrected chi connectivity index (χ1v) is 10.4. The summed E-state index contributed by atoms with van der Waals surface area (Å²) in [7, 11) is -2.34. The van der Waals surface area contributed by atoms with E-state index in [0.29, 0.717) is 30.6 Å². The van der Waals surface area contributed by atoms with Gasteiger partial charge in [0.25, 0.3) is 0 Å². The van der Waals surface area contributed by atoms with E-state index in [-0.39, 0.29) is 17.3 Å². The SMILES string of the molecule is COC(=O)c1cccc(NC(=O)C2CCCN(S(=O)(=O)c3ccccc3)C2)c1. The number of esters is 1. The second-order valence-electron chi connectivity index (χ2n) is 6.58. The van der Waals surface area contributed by atoms with Crippen LogP contribution in [0.3, 0.4) is 0 Å². The first-order chi connectivity index (χ1) is 13.4. The van der Waals surface area contributed by atoms with Gasteiger partial charge in [-0.2, -0.15) is 4.31 Å². The zero-order valence-corrected chi connectivity index (χ0v) is 16.3. The highest BCUT2D eigenvalue weighted by molar-refractivity contribution is 7.89. The molecule has 1 N–H and O–H groups in total. The Morgan fingerprint density at radius 2 is 1.86 bits per heavy atom. The molecule has 28 heavy (non-hydrogen) atoms. The van der Waals surface area contributed by atoms with Crippen molar-refractivity contribution in [3.63, 3.8) is 0 Å². The van der Waals surface area contributed by atoms with Gasteiger partial charge in [-0.25, -0.2) is 13.2 Å². The number of rotatable bonds is 5. The number of carbonyl (C=O) groups excluding carboxylic acids is 2. The van der Waals surface area contributed by atoms with Crippen LogP contribution >= 0.6 is 0 Å². The fourth-order valence-electron chi connectivity index (χ4n) is 3.20. The number of hydrogen-bond acceptors (Lipinski definition) is 5. The van der Waals surface area contributed by atoms with Crippen molar-refractivity contribution >= 4 is 27.6 Å². The van der Waals surface area contributed by atoms with Gasteiger partial charge in [0.15, 0.2) is 0 Å². The minimum Gasteiger partial charge on any atom is -0.465 e. The molecule has 0 saturated carbocycles. The quantitative estimate of drug-likeness (QED) is 0.776. The molecule has 1 saturated heterocycles. The van der Waals surface area contributed by atoms with Gasteiger partial charge >= 0.3 is 5.97 Å². The third kappa shape index (κ3) is 4.40. The average Bonchev–Trinajstić information content (AvgIpc) is 2.74. The van der Waals surface area contributed by atoms with Crippen LogP contribution in [0.5, 0.6) is 0 Å². The lowest BCUT2D eigenvalue weighted by Gasteiger charge is -2.31. The van der Waals surface area contributed by atoms with E-state index in [1.54, 1.807) is 48.5 Å². The van der Waals surface area contributed by atoms with E-state index in [1.807, 2.05) is 0 Å². The topological polar surface area (TPSA) is 92.8 Å². The van der Waals surface area contributed by atoms with Crippen molar-refractivity contribution in [3.05, 3.63) is 60.2 Å². The molecule has 0 spiro atoms. The Balaban J connectivity index is 1.71. The van der Waals surface area contributed by atoms with Crippen LogP contribution < -0.4 is 5.32 Å². The van der Waals surface area contributed by atoms with Gasteiger partial charge in [-0.3, -0.25) is 4.79 Å². The summed E-state index contributed by atoms with van der Waals surface area (Å²) in [5, 5.41) is 2.77. The van der Waals surface area contributed by atoms with Crippen molar-refractivity contribution < 1.29 is 22.7 Å². The van der Waals surface area contributed by atoms with Gasteiger partial charge in [-0.15, -0.1) is 0 Å². The van der Waals surface area contributed by atoms with E-state index in [1.165, 1.54) is 17.5 Å². The Morgan fingerprint density at radius 3 is 2.57 bits per heavy atom. The second-order valence-corrected chi connectivity index (χ2v) is 8.51. The molecule has 0 radical (unpaired) electrons. The number of benzene rings is 2. The maximum Gasteiger partial charge on any atom is 0.337 e. The highest BCUT2D eigenvalue weighted by Gasteiger charge is 2.33. The standard InChI is InChI=1S/C20H22N2O5S/c1-27-20(24)15-7-5-9-17(13-15)21-19(23)16-8-6-12-22(14-16)28(25,26)18-10-3-2-4-11-18/h2-5,7,9-11,13,16H,6,8,12,14H2,1H3,(H,21,23). The molecule has 1 amide bonds. The predicted octanol–water partition coefficient (Wildman–Crippen LogP) is 2.51. The molecule has 148 valence electrons. The normalized spacial score (nSPS) is 17.7. The summed E-state index contributed by atoms with van der Waals surface area (Å²) in [5.41, 5.74) is 0.799. The molecule has 1 atom stereocenters. The summed E-state index contributed by atoms with van der Waals surface area (Å²) in [5.74, 6) is -1.22. The summed E-state index contributed by atoms with van der Waals surface area (Å²) < 4.78 is 31.7. The summed E-state index contributed by atoms with van der Waals surface area (Å²) in [6.45, 7) is 0.512. The summed E-state index contributed by atoms with van der Waals surface area (Å²) >= 11 is 0. The van der Waals surface area contributed by atoms with Crippen molar-refractivity contribution in [2.75, 3.05) is 25.5 Å². The number of anilines is 1. The van der Waals surface area contributed by atoms with E-state index >= 15 is 0 Å².